The minimum absolute atomic E-state index is 0.0243. The number of carbonyl (C=O) groups is 2. The summed E-state index contributed by atoms with van der Waals surface area (Å²) in [7, 11) is 0. The van der Waals surface area contributed by atoms with Gasteiger partial charge in [-0.1, -0.05) is 0 Å². The van der Waals surface area contributed by atoms with Crippen LogP contribution in [0.3, 0.4) is 0 Å². The maximum atomic E-state index is 11.8. The van der Waals surface area contributed by atoms with Gasteiger partial charge >= 0.3 is 5.97 Å². The largest absolute Gasteiger partial charge is 0.478 e. The number of carbonyl (C=O) groups excluding carboxylic acids is 1. The average Bonchev–Trinajstić information content (AvgIpc) is 2.86. The van der Waals surface area contributed by atoms with E-state index in [0.29, 0.717) is 5.00 Å². The zero-order valence-electron chi connectivity index (χ0n) is 8.43. The minimum Gasteiger partial charge on any atom is -0.478 e. The van der Waals surface area contributed by atoms with E-state index in [2.05, 4.69) is 5.32 Å². The third-order valence-corrected chi connectivity index (χ3v) is 4.56. The molecular weight excluding hydrogens is 246 g/mol. The summed E-state index contributed by atoms with van der Waals surface area (Å²) in [6.45, 7) is 0. The molecule has 16 heavy (non-hydrogen) atoms. The molecule has 2 heterocycles. The Balaban J connectivity index is 2.05. The Kier molecular flexibility index (Phi) is 3.50. The van der Waals surface area contributed by atoms with Crippen LogP contribution in [-0.2, 0) is 4.79 Å². The Hall–Kier alpha value is -1.01. The first kappa shape index (κ1) is 11.5. The van der Waals surface area contributed by atoms with Crippen LogP contribution in [0.1, 0.15) is 23.2 Å². The normalized spacial score (nSPS) is 19.6. The molecule has 2 N–H and O–H groups in total. The highest BCUT2D eigenvalue weighted by Gasteiger charge is 2.24. The number of carboxylic acid groups (broad SMARTS) is 1. The molecule has 0 aromatic carbocycles. The number of hydrogen-bond donors (Lipinski definition) is 2. The minimum atomic E-state index is -1.00. The van der Waals surface area contributed by atoms with Crippen LogP contribution in [0.5, 0.6) is 0 Å². The first-order valence-electron chi connectivity index (χ1n) is 4.91. The maximum absolute atomic E-state index is 11.8. The number of hydrogen-bond acceptors (Lipinski definition) is 4. The highest BCUT2D eigenvalue weighted by atomic mass is 32.2. The molecule has 1 aliphatic rings. The Bertz CT molecular complexity index is 410. The molecule has 1 aromatic heterocycles. The summed E-state index contributed by atoms with van der Waals surface area (Å²) < 4.78 is 0. The van der Waals surface area contributed by atoms with Crippen molar-refractivity contribution in [3.05, 3.63) is 17.0 Å². The Morgan fingerprint density at radius 1 is 1.50 bits per heavy atom. The third-order valence-electron chi connectivity index (χ3n) is 2.35. The predicted octanol–water partition coefficient (Wildman–Crippen LogP) is 2.28. The molecule has 0 saturated carbocycles. The molecule has 0 bridgehead atoms. The van der Waals surface area contributed by atoms with E-state index in [9.17, 15) is 9.59 Å². The lowest BCUT2D eigenvalue weighted by atomic mass is 10.2. The van der Waals surface area contributed by atoms with Gasteiger partial charge in [-0.2, -0.15) is 0 Å². The van der Waals surface area contributed by atoms with E-state index in [1.807, 2.05) is 0 Å². The summed E-state index contributed by atoms with van der Waals surface area (Å²) in [6, 6.07) is 1.50. The van der Waals surface area contributed by atoms with E-state index >= 15 is 0 Å². The fraction of sp³-hybridized carbons (Fsp3) is 0.400. The summed E-state index contributed by atoms with van der Waals surface area (Å²) in [6.07, 6.45) is 1.93. The van der Waals surface area contributed by atoms with Gasteiger partial charge in [0.15, 0.2) is 0 Å². The molecule has 1 fully saturated rings. The number of amides is 1. The van der Waals surface area contributed by atoms with E-state index in [4.69, 9.17) is 5.11 Å². The van der Waals surface area contributed by atoms with E-state index in [-0.39, 0.29) is 16.7 Å². The second-order valence-corrected chi connectivity index (χ2v) is 5.69. The molecular formula is C10H11NO3S2. The summed E-state index contributed by atoms with van der Waals surface area (Å²) in [5.74, 6) is -0.0722. The predicted molar refractivity (Wildman–Crippen MR) is 65.4 cm³/mol. The molecule has 0 spiro atoms. The molecule has 2 rings (SSSR count). The van der Waals surface area contributed by atoms with Crippen molar-refractivity contribution < 1.29 is 14.7 Å². The number of thiophene rings is 1. The van der Waals surface area contributed by atoms with E-state index in [1.54, 1.807) is 17.1 Å². The molecule has 1 unspecified atom stereocenters. The Morgan fingerprint density at radius 3 is 2.94 bits per heavy atom. The van der Waals surface area contributed by atoms with Gasteiger partial charge in [0.25, 0.3) is 0 Å². The number of aromatic carboxylic acids is 1. The van der Waals surface area contributed by atoms with Gasteiger partial charge in [-0.3, -0.25) is 4.79 Å². The molecule has 4 nitrogen and oxygen atoms in total. The summed E-state index contributed by atoms with van der Waals surface area (Å²) >= 11 is 2.87. The monoisotopic (exact) mass is 257 g/mol. The van der Waals surface area contributed by atoms with Gasteiger partial charge in [-0.25, -0.2) is 4.79 Å². The molecule has 1 amide bonds. The molecule has 0 aliphatic carbocycles. The van der Waals surface area contributed by atoms with Crippen LogP contribution in [0.15, 0.2) is 11.4 Å². The lowest BCUT2D eigenvalue weighted by molar-refractivity contribution is -0.115. The van der Waals surface area contributed by atoms with Crippen LogP contribution in [0, 0.1) is 0 Å². The second kappa shape index (κ2) is 4.88. The van der Waals surface area contributed by atoms with Gasteiger partial charge in [0.2, 0.25) is 5.91 Å². The van der Waals surface area contributed by atoms with Gasteiger partial charge in [0.05, 0.1) is 10.8 Å². The second-order valence-electron chi connectivity index (χ2n) is 3.46. The molecule has 0 radical (unpaired) electrons. The summed E-state index contributed by atoms with van der Waals surface area (Å²) in [5, 5.41) is 13.7. The van der Waals surface area contributed by atoms with Crippen molar-refractivity contribution in [3.8, 4) is 0 Å². The fourth-order valence-corrected chi connectivity index (χ4v) is 3.49. The van der Waals surface area contributed by atoms with Gasteiger partial charge in [-0.05, 0) is 30.0 Å². The van der Waals surface area contributed by atoms with E-state index in [0.717, 1.165) is 18.6 Å². The lowest BCUT2D eigenvalue weighted by Crippen LogP contribution is -2.23. The molecule has 1 aliphatic heterocycles. The van der Waals surface area contributed by atoms with Gasteiger partial charge in [0, 0.05) is 0 Å². The molecule has 6 heteroatoms. The van der Waals surface area contributed by atoms with Crippen LogP contribution in [-0.4, -0.2) is 28.0 Å². The zero-order chi connectivity index (χ0) is 11.5. The van der Waals surface area contributed by atoms with Crippen molar-refractivity contribution in [2.45, 2.75) is 18.1 Å². The van der Waals surface area contributed by atoms with Gasteiger partial charge < -0.3 is 10.4 Å². The smallest absolute Gasteiger partial charge is 0.338 e. The molecule has 86 valence electrons. The van der Waals surface area contributed by atoms with Crippen molar-refractivity contribution in [1.29, 1.82) is 0 Å². The molecule has 1 atom stereocenters. The summed E-state index contributed by atoms with van der Waals surface area (Å²) in [5.41, 5.74) is 0.168. The van der Waals surface area contributed by atoms with Crippen molar-refractivity contribution in [2.24, 2.45) is 0 Å². The van der Waals surface area contributed by atoms with Crippen LogP contribution in [0.4, 0.5) is 5.00 Å². The number of thioether (sulfide) groups is 1. The van der Waals surface area contributed by atoms with E-state index < -0.39 is 5.97 Å². The third kappa shape index (κ3) is 2.38. The summed E-state index contributed by atoms with van der Waals surface area (Å²) in [4.78, 5) is 22.6. The first-order valence-corrected chi connectivity index (χ1v) is 6.84. The number of rotatable bonds is 3. The Labute approximate surface area is 101 Å². The van der Waals surface area contributed by atoms with Crippen molar-refractivity contribution in [2.75, 3.05) is 11.1 Å². The van der Waals surface area contributed by atoms with E-state index in [1.165, 1.54) is 17.4 Å². The SMILES string of the molecule is O=C(O)c1ccsc1NC(=O)C1CCCS1. The van der Waals surface area contributed by atoms with Crippen molar-refractivity contribution in [3.63, 3.8) is 0 Å². The maximum Gasteiger partial charge on any atom is 0.338 e. The van der Waals surface area contributed by atoms with Crippen LogP contribution in [0.2, 0.25) is 0 Å². The molecule has 1 saturated heterocycles. The first-order chi connectivity index (χ1) is 7.68. The Morgan fingerprint density at radius 2 is 2.31 bits per heavy atom. The highest BCUT2D eigenvalue weighted by Crippen LogP contribution is 2.29. The lowest BCUT2D eigenvalue weighted by Gasteiger charge is -2.08. The average molecular weight is 257 g/mol. The highest BCUT2D eigenvalue weighted by molar-refractivity contribution is 8.00. The quantitative estimate of drug-likeness (QED) is 0.871. The fourth-order valence-electron chi connectivity index (χ4n) is 1.55. The zero-order valence-corrected chi connectivity index (χ0v) is 10.1. The van der Waals surface area contributed by atoms with Gasteiger partial charge in [-0.15, -0.1) is 23.1 Å². The van der Waals surface area contributed by atoms with Crippen LogP contribution < -0.4 is 5.32 Å². The molecule has 1 aromatic rings. The topological polar surface area (TPSA) is 66.4 Å². The van der Waals surface area contributed by atoms with Crippen molar-refractivity contribution in [1.82, 2.24) is 0 Å². The van der Waals surface area contributed by atoms with Crippen molar-refractivity contribution >= 4 is 40.0 Å². The van der Waals surface area contributed by atoms with Gasteiger partial charge in [0.1, 0.15) is 5.00 Å². The standard InChI is InChI=1S/C10H11NO3S2/c12-8(7-2-1-4-15-7)11-9-6(10(13)14)3-5-16-9/h3,5,7H,1-2,4H2,(H,11,12)(H,13,14). The number of carboxylic acids is 1. The van der Waals surface area contributed by atoms with Crippen LogP contribution in [0.25, 0.3) is 0 Å². The van der Waals surface area contributed by atoms with Crippen LogP contribution >= 0.6 is 23.1 Å². The number of anilines is 1. The number of nitrogens with one attached hydrogen (secondary N) is 1.